The van der Waals surface area contributed by atoms with E-state index in [0.29, 0.717) is 16.5 Å². The van der Waals surface area contributed by atoms with E-state index in [9.17, 15) is 4.79 Å². The highest BCUT2D eigenvalue weighted by Crippen LogP contribution is 2.26. The van der Waals surface area contributed by atoms with Crippen molar-refractivity contribution < 1.29 is 4.79 Å². The van der Waals surface area contributed by atoms with Crippen LogP contribution >= 0.6 is 11.6 Å². The Bertz CT molecular complexity index is 487. The summed E-state index contributed by atoms with van der Waals surface area (Å²) in [7, 11) is 0. The Morgan fingerprint density at radius 3 is 2.80 bits per heavy atom. The second kappa shape index (κ2) is 6.57. The highest BCUT2D eigenvalue weighted by Gasteiger charge is 2.24. The summed E-state index contributed by atoms with van der Waals surface area (Å²) < 4.78 is 0. The minimum atomic E-state index is 0.0203. The van der Waals surface area contributed by atoms with Gasteiger partial charge in [0.15, 0.2) is 0 Å². The first-order valence-corrected chi connectivity index (χ1v) is 7.78. The third-order valence-electron chi connectivity index (χ3n) is 4.22. The average molecular weight is 295 g/mol. The van der Waals surface area contributed by atoms with E-state index in [2.05, 4.69) is 18.8 Å². The van der Waals surface area contributed by atoms with E-state index in [4.69, 9.17) is 11.6 Å². The third-order valence-corrected chi connectivity index (χ3v) is 4.54. The van der Waals surface area contributed by atoms with Crippen LogP contribution < -0.4 is 0 Å². The predicted octanol–water partition coefficient (Wildman–Crippen LogP) is 3.94. The number of carbonyl (C=O) groups is 1. The molecule has 20 heavy (non-hydrogen) atoms. The van der Waals surface area contributed by atoms with Gasteiger partial charge in [0.1, 0.15) is 0 Å². The zero-order valence-electron chi connectivity index (χ0n) is 12.5. The fourth-order valence-electron chi connectivity index (χ4n) is 2.85. The van der Waals surface area contributed by atoms with Gasteiger partial charge in [-0.05, 0) is 44.1 Å². The first-order chi connectivity index (χ1) is 9.49. The van der Waals surface area contributed by atoms with Gasteiger partial charge >= 0.3 is 0 Å². The molecule has 1 aromatic rings. The molecule has 3 nitrogen and oxygen atoms in total. The number of pyridine rings is 1. The minimum Gasteiger partial charge on any atom is -0.339 e. The van der Waals surface area contributed by atoms with Gasteiger partial charge in [-0.1, -0.05) is 25.4 Å². The molecular formula is C16H23ClN2O. The van der Waals surface area contributed by atoms with E-state index in [0.717, 1.165) is 37.5 Å². The fraction of sp³-hybridized carbons (Fsp3) is 0.625. The lowest BCUT2D eigenvalue weighted by molar-refractivity contribution is 0.0758. The third kappa shape index (κ3) is 3.51. The standard InChI is InChI=1S/C16H23ClN2O/c1-11(2)13-5-4-7-19(8-6-13)16(20)14-10-18-12(3)9-15(14)17/h9-11,13H,4-8H2,1-3H3. The summed E-state index contributed by atoms with van der Waals surface area (Å²) in [5, 5.41) is 0.507. The molecule has 2 rings (SSSR count). The van der Waals surface area contributed by atoms with Crippen LogP contribution in [0.4, 0.5) is 0 Å². The van der Waals surface area contributed by atoms with Gasteiger partial charge in [0.25, 0.3) is 5.91 Å². The van der Waals surface area contributed by atoms with Crippen molar-refractivity contribution >= 4 is 17.5 Å². The lowest BCUT2D eigenvalue weighted by Gasteiger charge is -2.22. The van der Waals surface area contributed by atoms with Crippen molar-refractivity contribution in [1.29, 1.82) is 0 Å². The lowest BCUT2D eigenvalue weighted by atomic mass is 9.89. The maximum atomic E-state index is 12.6. The normalized spacial score (nSPS) is 20.1. The van der Waals surface area contributed by atoms with E-state index in [1.165, 1.54) is 6.42 Å². The zero-order valence-corrected chi connectivity index (χ0v) is 13.3. The highest BCUT2D eigenvalue weighted by atomic mass is 35.5. The molecule has 1 fully saturated rings. The van der Waals surface area contributed by atoms with Gasteiger partial charge in [-0.2, -0.15) is 0 Å². The molecule has 0 aliphatic carbocycles. The summed E-state index contributed by atoms with van der Waals surface area (Å²) >= 11 is 6.18. The van der Waals surface area contributed by atoms with Crippen LogP contribution in [0.15, 0.2) is 12.3 Å². The summed E-state index contributed by atoms with van der Waals surface area (Å²) in [6, 6.07) is 1.75. The number of rotatable bonds is 2. The Morgan fingerprint density at radius 2 is 2.15 bits per heavy atom. The summed E-state index contributed by atoms with van der Waals surface area (Å²) in [5.41, 5.74) is 1.36. The molecule has 1 aromatic heterocycles. The van der Waals surface area contributed by atoms with E-state index < -0.39 is 0 Å². The lowest BCUT2D eigenvalue weighted by Crippen LogP contribution is -2.32. The zero-order chi connectivity index (χ0) is 14.7. The van der Waals surface area contributed by atoms with Crippen LogP contribution in [0, 0.1) is 18.8 Å². The quantitative estimate of drug-likeness (QED) is 0.827. The maximum absolute atomic E-state index is 12.6. The van der Waals surface area contributed by atoms with Gasteiger partial charge in [-0.15, -0.1) is 0 Å². The number of carbonyl (C=O) groups excluding carboxylic acids is 1. The van der Waals surface area contributed by atoms with Crippen LogP contribution in [-0.2, 0) is 0 Å². The van der Waals surface area contributed by atoms with Crippen molar-refractivity contribution in [2.75, 3.05) is 13.1 Å². The summed E-state index contributed by atoms with van der Waals surface area (Å²) in [5.74, 6) is 1.43. The molecule has 0 aromatic carbocycles. The van der Waals surface area contributed by atoms with Crippen LogP contribution in [-0.4, -0.2) is 28.9 Å². The highest BCUT2D eigenvalue weighted by molar-refractivity contribution is 6.33. The average Bonchev–Trinajstić information content (AvgIpc) is 2.63. The number of halogens is 1. The molecule has 0 N–H and O–H groups in total. The van der Waals surface area contributed by atoms with E-state index in [1.54, 1.807) is 12.3 Å². The molecule has 2 heterocycles. The van der Waals surface area contributed by atoms with Crippen LogP contribution in [0.3, 0.4) is 0 Å². The molecule has 1 amide bonds. The van der Waals surface area contributed by atoms with Gasteiger partial charge in [0.2, 0.25) is 0 Å². The monoisotopic (exact) mass is 294 g/mol. The molecule has 1 atom stereocenters. The SMILES string of the molecule is Cc1cc(Cl)c(C(=O)N2CCCC(C(C)C)CC2)cn1. The van der Waals surface area contributed by atoms with Crippen LogP contribution in [0.1, 0.15) is 49.2 Å². The fourth-order valence-corrected chi connectivity index (χ4v) is 3.13. The number of amides is 1. The van der Waals surface area contributed by atoms with Crippen LogP contribution in [0.25, 0.3) is 0 Å². The summed E-state index contributed by atoms with van der Waals surface area (Å²) in [6.07, 6.45) is 4.97. The molecule has 0 saturated carbocycles. The van der Waals surface area contributed by atoms with Gasteiger partial charge in [-0.3, -0.25) is 9.78 Å². The van der Waals surface area contributed by atoms with Gasteiger partial charge in [0.05, 0.1) is 10.6 Å². The van der Waals surface area contributed by atoms with Crippen molar-refractivity contribution in [3.05, 3.63) is 28.5 Å². The van der Waals surface area contributed by atoms with Gasteiger partial charge < -0.3 is 4.90 Å². The molecule has 0 bridgehead atoms. The summed E-state index contributed by atoms with van der Waals surface area (Å²) in [6.45, 7) is 8.06. The summed E-state index contributed by atoms with van der Waals surface area (Å²) in [4.78, 5) is 18.7. The largest absolute Gasteiger partial charge is 0.339 e. The molecule has 1 saturated heterocycles. The molecule has 110 valence electrons. The van der Waals surface area contributed by atoms with Crippen molar-refractivity contribution in [1.82, 2.24) is 9.88 Å². The first-order valence-electron chi connectivity index (χ1n) is 7.40. The predicted molar refractivity (Wildman–Crippen MR) is 82.1 cm³/mol. The van der Waals surface area contributed by atoms with Crippen LogP contribution in [0.2, 0.25) is 5.02 Å². The molecule has 1 aliphatic rings. The second-order valence-electron chi connectivity index (χ2n) is 6.03. The smallest absolute Gasteiger partial charge is 0.256 e. The van der Waals surface area contributed by atoms with Crippen molar-refractivity contribution in [3.63, 3.8) is 0 Å². The molecular weight excluding hydrogens is 272 g/mol. The van der Waals surface area contributed by atoms with Crippen molar-refractivity contribution in [3.8, 4) is 0 Å². The Labute approximate surface area is 126 Å². The Balaban J connectivity index is 2.09. The van der Waals surface area contributed by atoms with Gasteiger partial charge in [-0.25, -0.2) is 0 Å². The van der Waals surface area contributed by atoms with Crippen molar-refractivity contribution in [2.24, 2.45) is 11.8 Å². The topological polar surface area (TPSA) is 33.2 Å². The molecule has 1 aliphatic heterocycles. The van der Waals surface area contributed by atoms with E-state index in [1.807, 2.05) is 11.8 Å². The maximum Gasteiger partial charge on any atom is 0.256 e. The van der Waals surface area contributed by atoms with Crippen molar-refractivity contribution in [2.45, 2.75) is 40.0 Å². The number of likely N-dealkylation sites (tertiary alicyclic amines) is 1. The number of nitrogens with zero attached hydrogens (tertiary/aromatic N) is 2. The second-order valence-corrected chi connectivity index (χ2v) is 6.44. The number of hydrogen-bond donors (Lipinski definition) is 0. The van der Waals surface area contributed by atoms with Gasteiger partial charge in [0, 0.05) is 25.0 Å². The number of hydrogen-bond acceptors (Lipinski definition) is 2. The molecule has 4 heteroatoms. The Hall–Kier alpha value is -1.09. The molecule has 1 unspecified atom stereocenters. The number of aryl methyl sites for hydroxylation is 1. The Kier molecular flexibility index (Phi) is 5.03. The van der Waals surface area contributed by atoms with E-state index in [-0.39, 0.29) is 5.91 Å². The van der Waals surface area contributed by atoms with E-state index >= 15 is 0 Å². The number of aromatic nitrogens is 1. The first kappa shape index (κ1) is 15.3. The molecule has 0 radical (unpaired) electrons. The van der Waals surface area contributed by atoms with Crippen LogP contribution in [0.5, 0.6) is 0 Å². The molecule has 0 spiro atoms. The minimum absolute atomic E-state index is 0.0203. The Morgan fingerprint density at radius 1 is 1.40 bits per heavy atom.